The Kier molecular flexibility index (Phi) is 6.55. The van der Waals surface area contributed by atoms with Gasteiger partial charge in [0.25, 0.3) is 0 Å². The maximum absolute atomic E-state index is 11.5. The molecule has 0 bridgehead atoms. The monoisotopic (exact) mass is 541 g/mol. The van der Waals surface area contributed by atoms with Crippen LogP contribution >= 0.6 is 40.2 Å². The molecule has 1 aliphatic rings. The number of ether oxygens (including phenoxy) is 2. The first-order valence-electron chi connectivity index (χ1n) is 9.22. The first-order valence-corrected chi connectivity index (χ1v) is 10.9. The van der Waals surface area contributed by atoms with Gasteiger partial charge >= 0.3 is 0 Å². The lowest BCUT2D eigenvalue weighted by atomic mass is 9.75. The fraction of sp³-hybridized carbons (Fsp3) is 0.389. The van der Waals surface area contributed by atoms with Gasteiger partial charge in [0.2, 0.25) is 0 Å². The van der Waals surface area contributed by atoms with Crippen LogP contribution in [0.25, 0.3) is 5.82 Å². The number of aliphatic hydroxyl groups excluding tert-OH is 2. The first-order chi connectivity index (χ1) is 15.4. The summed E-state index contributed by atoms with van der Waals surface area (Å²) in [6.07, 6.45) is 1.10. The largest absolute Gasteiger partial charge is 0.394 e. The molecule has 32 heavy (non-hydrogen) atoms. The van der Waals surface area contributed by atoms with Gasteiger partial charge in [-0.05, 0) is 28.1 Å². The summed E-state index contributed by atoms with van der Waals surface area (Å²) >= 11 is 13.8. The fourth-order valence-corrected chi connectivity index (χ4v) is 4.91. The number of hydrogen-bond donors (Lipinski definition) is 3. The van der Waals surface area contributed by atoms with Crippen molar-refractivity contribution >= 4 is 40.2 Å². The van der Waals surface area contributed by atoms with Crippen LogP contribution in [0.15, 0.2) is 35.2 Å². The summed E-state index contributed by atoms with van der Waals surface area (Å²) in [5.74, 6) is 0.294. The van der Waals surface area contributed by atoms with Crippen LogP contribution in [0.4, 0.5) is 0 Å². The van der Waals surface area contributed by atoms with Crippen molar-refractivity contribution in [1.82, 2.24) is 29.8 Å². The Labute approximate surface area is 201 Å². The first kappa shape index (κ1) is 23.1. The molecule has 0 unspecified atom stereocenters. The average Bonchev–Trinajstić information content (AvgIpc) is 3.44. The zero-order valence-corrected chi connectivity index (χ0v) is 19.7. The Morgan fingerprint density at radius 3 is 2.91 bits per heavy atom. The molecular weight excluding hydrogens is 526 g/mol. The molecule has 1 aliphatic heterocycles. The highest BCUT2D eigenvalue weighted by molar-refractivity contribution is 9.10. The molecule has 2 N–H and O–H groups in total. The molecule has 0 radical (unpaired) electrons. The molecule has 168 valence electrons. The van der Waals surface area contributed by atoms with E-state index in [2.05, 4.69) is 49.0 Å². The van der Waals surface area contributed by atoms with Crippen molar-refractivity contribution in [2.75, 3.05) is 13.7 Å². The van der Waals surface area contributed by atoms with E-state index in [1.165, 1.54) is 28.9 Å². The number of aliphatic hydroxyl groups is 2. The molecule has 14 heteroatoms. The van der Waals surface area contributed by atoms with Crippen LogP contribution in [0.2, 0.25) is 5.15 Å². The van der Waals surface area contributed by atoms with Gasteiger partial charge in [-0.1, -0.05) is 16.8 Å². The number of methoxy groups -OCH3 is 1. The fourth-order valence-electron chi connectivity index (χ4n) is 3.94. The third-order valence-electron chi connectivity index (χ3n) is 5.29. The van der Waals surface area contributed by atoms with Gasteiger partial charge in [-0.15, -0.1) is 17.7 Å². The van der Waals surface area contributed by atoms with Gasteiger partial charge in [0, 0.05) is 29.5 Å². The van der Waals surface area contributed by atoms with Crippen LogP contribution in [-0.2, 0) is 15.0 Å². The number of halogens is 2. The molecular formula is C18H17BrClN7O4S. The third kappa shape index (κ3) is 3.61. The van der Waals surface area contributed by atoms with Gasteiger partial charge in [0.1, 0.15) is 41.0 Å². The van der Waals surface area contributed by atoms with Crippen molar-refractivity contribution in [2.24, 2.45) is 0 Å². The zero-order chi connectivity index (χ0) is 23.0. The van der Waals surface area contributed by atoms with E-state index in [-0.39, 0.29) is 16.4 Å². The average molecular weight is 543 g/mol. The van der Waals surface area contributed by atoms with Crippen LogP contribution < -0.4 is 0 Å². The SMILES string of the molecule is CO[C@@H]1[C@H](S)O[C@@H](CO)[C@@H](O)[C@@]1(c1cc(Br)cnc1C#N)n1cc(-n2ccc(Cl)n2)nn1. The van der Waals surface area contributed by atoms with Gasteiger partial charge in [-0.25, -0.2) is 14.3 Å². The summed E-state index contributed by atoms with van der Waals surface area (Å²) < 4.78 is 14.7. The summed E-state index contributed by atoms with van der Waals surface area (Å²) in [6, 6.07) is 5.26. The normalized spacial score (nSPS) is 27.9. The van der Waals surface area contributed by atoms with Crippen molar-refractivity contribution in [1.29, 1.82) is 5.26 Å². The van der Waals surface area contributed by atoms with E-state index >= 15 is 0 Å². The van der Waals surface area contributed by atoms with Crippen LogP contribution in [0, 0.1) is 11.3 Å². The van der Waals surface area contributed by atoms with E-state index in [9.17, 15) is 15.5 Å². The van der Waals surface area contributed by atoms with E-state index in [0.29, 0.717) is 10.3 Å². The number of hydrogen-bond acceptors (Lipinski definition) is 10. The number of pyridine rings is 1. The lowest BCUT2D eigenvalue weighted by Crippen LogP contribution is -2.68. The van der Waals surface area contributed by atoms with Crippen molar-refractivity contribution in [3.05, 3.63) is 51.6 Å². The zero-order valence-electron chi connectivity index (χ0n) is 16.4. The topological polar surface area (TPSA) is 144 Å². The van der Waals surface area contributed by atoms with Gasteiger partial charge in [-0.3, -0.25) is 0 Å². The minimum atomic E-state index is -1.60. The summed E-state index contributed by atoms with van der Waals surface area (Å²) in [5.41, 5.74) is -2.20. The quantitative estimate of drug-likeness (QED) is 0.401. The Morgan fingerprint density at radius 1 is 1.50 bits per heavy atom. The molecule has 1 saturated heterocycles. The van der Waals surface area contributed by atoms with Crippen molar-refractivity contribution in [3.63, 3.8) is 0 Å². The molecule has 0 aliphatic carbocycles. The second kappa shape index (κ2) is 9.06. The molecule has 5 atom stereocenters. The van der Waals surface area contributed by atoms with Crippen molar-refractivity contribution in [2.45, 2.75) is 29.3 Å². The highest BCUT2D eigenvalue weighted by Gasteiger charge is 2.60. The second-order valence-electron chi connectivity index (χ2n) is 6.94. The molecule has 4 rings (SSSR count). The molecule has 3 aromatic heterocycles. The maximum atomic E-state index is 11.5. The van der Waals surface area contributed by atoms with E-state index in [0.717, 1.165) is 0 Å². The standard InChI is InChI=1S/C18H17BrClN7O4S/c1-30-16-17(32)31-12(8-28)15(29)18(16,10-4-9(19)6-22-11(10)5-21)27-7-14(23-25-27)26-3-2-13(20)24-26/h2-4,6-7,12,15-17,28-29,32H,8H2,1H3/t12-,15+,16+,17-,18+/m0/s1. The Bertz CT molecular complexity index is 1170. The summed E-state index contributed by atoms with van der Waals surface area (Å²) in [4.78, 5) is 4.19. The lowest BCUT2D eigenvalue weighted by molar-refractivity contribution is -0.213. The molecule has 0 saturated carbocycles. The number of rotatable bonds is 5. The highest BCUT2D eigenvalue weighted by Crippen LogP contribution is 2.45. The minimum absolute atomic E-state index is 0.0209. The molecule has 0 amide bonds. The number of nitriles is 1. The second-order valence-corrected chi connectivity index (χ2v) is 8.75. The van der Waals surface area contributed by atoms with E-state index < -0.39 is 35.9 Å². The molecule has 4 heterocycles. The predicted octanol–water partition coefficient (Wildman–Crippen LogP) is 0.913. The smallest absolute Gasteiger partial charge is 0.195 e. The summed E-state index contributed by atoms with van der Waals surface area (Å²) in [7, 11) is 1.42. The summed E-state index contributed by atoms with van der Waals surface area (Å²) in [6.45, 7) is -0.518. The number of nitrogens with zero attached hydrogens (tertiary/aromatic N) is 7. The van der Waals surface area contributed by atoms with Gasteiger partial charge < -0.3 is 19.7 Å². The maximum Gasteiger partial charge on any atom is 0.195 e. The molecule has 1 fully saturated rings. The van der Waals surface area contributed by atoms with E-state index in [1.807, 2.05) is 6.07 Å². The molecule has 3 aromatic rings. The van der Waals surface area contributed by atoms with E-state index in [4.69, 9.17) is 21.1 Å². The van der Waals surface area contributed by atoms with Gasteiger partial charge in [0.05, 0.1) is 12.8 Å². The Morgan fingerprint density at radius 2 is 2.28 bits per heavy atom. The Balaban J connectivity index is 2.03. The molecule has 0 aromatic carbocycles. The summed E-state index contributed by atoms with van der Waals surface area (Å²) in [5, 5.41) is 44.0. The number of thiol groups is 1. The van der Waals surface area contributed by atoms with Crippen molar-refractivity contribution < 1.29 is 19.7 Å². The van der Waals surface area contributed by atoms with Gasteiger partial charge in [0.15, 0.2) is 11.0 Å². The van der Waals surface area contributed by atoms with Crippen LogP contribution in [0.5, 0.6) is 0 Å². The highest BCUT2D eigenvalue weighted by atomic mass is 79.9. The van der Waals surface area contributed by atoms with Gasteiger partial charge in [-0.2, -0.15) is 10.4 Å². The van der Waals surface area contributed by atoms with Crippen LogP contribution in [0.3, 0.4) is 0 Å². The number of aromatic nitrogens is 6. The van der Waals surface area contributed by atoms with Crippen LogP contribution in [-0.4, -0.2) is 77.4 Å². The van der Waals surface area contributed by atoms with Crippen LogP contribution in [0.1, 0.15) is 11.3 Å². The molecule has 0 spiro atoms. The predicted molar refractivity (Wildman–Crippen MR) is 117 cm³/mol. The lowest BCUT2D eigenvalue weighted by Gasteiger charge is -2.51. The van der Waals surface area contributed by atoms with E-state index in [1.54, 1.807) is 18.3 Å². The minimum Gasteiger partial charge on any atom is -0.394 e. The Hall–Kier alpha value is -2.05. The van der Waals surface area contributed by atoms with Crippen molar-refractivity contribution in [3.8, 4) is 11.9 Å². The molecule has 11 nitrogen and oxygen atoms in total. The third-order valence-corrected chi connectivity index (χ3v) is 6.32.